The molecule has 8 heteroatoms. The van der Waals surface area contributed by atoms with Gasteiger partial charge >= 0.3 is 0 Å². The number of aromatic nitrogens is 1. The number of hydrogen-bond donors (Lipinski definition) is 1. The van der Waals surface area contributed by atoms with Crippen LogP contribution in [0.4, 0.5) is 10.2 Å². The lowest BCUT2D eigenvalue weighted by molar-refractivity contribution is 0.227. The number of nitrogens with zero attached hydrogens (tertiary/aromatic N) is 3. The van der Waals surface area contributed by atoms with Crippen LogP contribution in [0, 0.1) is 11.7 Å². The maximum absolute atomic E-state index is 14.0. The van der Waals surface area contributed by atoms with E-state index in [1.54, 1.807) is 13.1 Å². The number of benzene rings is 1. The van der Waals surface area contributed by atoms with E-state index in [1.165, 1.54) is 51.0 Å². The van der Waals surface area contributed by atoms with Crippen LogP contribution in [0.5, 0.6) is 5.75 Å². The number of nitrogen functional groups attached to an aromatic ring is 1. The molecule has 0 saturated carbocycles. The van der Waals surface area contributed by atoms with Gasteiger partial charge in [-0.15, -0.1) is 0 Å². The molecule has 1 saturated heterocycles. The highest BCUT2D eigenvalue weighted by molar-refractivity contribution is 6.36. The highest BCUT2D eigenvalue weighted by Gasteiger charge is 2.21. The lowest BCUT2D eigenvalue weighted by Gasteiger charge is -2.19. The summed E-state index contributed by atoms with van der Waals surface area (Å²) in [7, 11) is 0. The summed E-state index contributed by atoms with van der Waals surface area (Å²) in [6.45, 7) is 6.21. The molecule has 4 rings (SSSR count). The van der Waals surface area contributed by atoms with E-state index in [0.29, 0.717) is 22.3 Å². The number of allylic oxidation sites excluding steroid dienone is 2. The van der Waals surface area contributed by atoms with E-state index < -0.39 is 11.9 Å². The average Bonchev–Trinajstić information content (AvgIpc) is 3.22. The van der Waals surface area contributed by atoms with E-state index in [2.05, 4.69) is 21.0 Å². The van der Waals surface area contributed by atoms with Gasteiger partial charge in [-0.25, -0.2) is 9.37 Å². The summed E-state index contributed by atoms with van der Waals surface area (Å²) in [6, 6.07) is 4.55. The molecule has 2 aliphatic rings. The van der Waals surface area contributed by atoms with Crippen molar-refractivity contribution in [2.45, 2.75) is 45.1 Å². The summed E-state index contributed by atoms with van der Waals surface area (Å²) in [6.07, 6.45) is 11.3. The van der Waals surface area contributed by atoms with Crippen LogP contribution in [0.2, 0.25) is 10.0 Å². The Labute approximate surface area is 210 Å². The quantitative estimate of drug-likeness (QED) is 0.411. The van der Waals surface area contributed by atoms with Crippen molar-refractivity contribution < 1.29 is 9.13 Å². The normalized spacial score (nSPS) is 19.6. The molecule has 2 aromatic rings. The molecule has 5 nitrogen and oxygen atoms in total. The van der Waals surface area contributed by atoms with Gasteiger partial charge in [0.05, 0.1) is 5.02 Å². The zero-order valence-electron chi connectivity index (χ0n) is 19.4. The second-order valence-electron chi connectivity index (χ2n) is 9.02. The summed E-state index contributed by atoms with van der Waals surface area (Å²) < 4.78 is 20.0. The Morgan fingerprint density at radius 2 is 2.06 bits per heavy atom. The van der Waals surface area contributed by atoms with Gasteiger partial charge in [0.15, 0.2) is 11.6 Å². The molecule has 34 heavy (non-hydrogen) atoms. The van der Waals surface area contributed by atoms with Crippen molar-refractivity contribution in [1.29, 1.82) is 0 Å². The maximum atomic E-state index is 14.0. The number of pyridine rings is 1. The number of aliphatic imine (C=N–C) groups is 1. The first kappa shape index (κ1) is 25.0. The third-order valence-corrected chi connectivity index (χ3v) is 7.24. The first-order valence-corrected chi connectivity index (χ1v) is 12.7. The summed E-state index contributed by atoms with van der Waals surface area (Å²) >= 11 is 12.4. The molecule has 0 bridgehead atoms. The summed E-state index contributed by atoms with van der Waals surface area (Å²) in [5.41, 5.74) is 8.36. The molecule has 3 heterocycles. The smallest absolute Gasteiger partial charge is 0.166 e. The molecule has 182 valence electrons. The molecule has 2 unspecified atom stereocenters. The molecule has 0 spiro atoms. The van der Waals surface area contributed by atoms with Crippen molar-refractivity contribution in [3.63, 3.8) is 0 Å². The van der Waals surface area contributed by atoms with Gasteiger partial charge in [0.25, 0.3) is 0 Å². The van der Waals surface area contributed by atoms with Crippen LogP contribution in [0.25, 0.3) is 5.57 Å². The van der Waals surface area contributed by atoms with Crippen LogP contribution >= 0.6 is 23.2 Å². The van der Waals surface area contributed by atoms with Crippen LogP contribution < -0.4 is 10.5 Å². The molecule has 0 radical (unpaired) electrons. The molecular formula is C26H31Cl2FN4O. The number of ether oxygens (including phenoxy) is 1. The Bertz CT molecular complexity index is 1070. The van der Waals surface area contributed by atoms with Crippen LogP contribution in [-0.4, -0.2) is 42.3 Å². The van der Waals surface area contributed by atoms with Gasteiger partial charge < -0.3 is 15.4 Å². The first-order chi connectivity index (χ1) is 16.4. The van der Waals surface area contributed by atoms with Crippen LogP contribution in [0.3, 0.4) is 0 Å². The summed E-state index contributed by atoms with van der Waals surface area (Å²) in [5, 5.41) is 0.273. The third kappa shape index (κ3) is 6.09. The minimum atomic E-state index is -0.620. The zero-order valence-corrected chi connectivity index (χ0v) is 21.0. The Hall–Kier alpha value is -2.15. The molecule has 0 aliphatic carbocycles. The molecule has 0 amide bonds. The number of hydrogen-bond acceptors (Lipinski definition) is 5. The lowest BCUT2D eigenvalue weighted by Crippen LogP contribution is -2.20. The van der Waals surface area contributed by atoms with Crippen molar-refractivity contribution in [1.82, 2.24) is 9.88 Å². The standard InChI is InChI=1S/C26H31Cl2FN4O/c1-17(24-21(27)6-7-22(29)25(24)28)34-23-14-20(16-32-26(23)30)19-13-18(8-9-31-15-19)5-4-12-33-10-2-3-11-33/h6-7,13-18H,2-5,8-12H2,1H3,(H2,30,32). The van der Waals surface area contributed by atoms with E-state index in [9.17, 15) is 4.39 Å². The van der Waals surface area contributed by atoms with Gasteiger partial charge in [0.2, 0.25) is 0 Å². The Balaban J connectivity index is 1.49. The first-order valence-electron chi connectivity index (χ1n) is 11.9. The van der Waals surface area contributed by atoms with E-state index in [-0.39, 0.29) is 10.8 Å². The minimum Gasteiger partial charge on any atom is -0.482 e. The number of nitrogens with two attached hydrogens (primary N) is 1. The zero-order chi connectivity index (χ0) is 24.1. The Morgan fingerprint density at radius 3 is 2.85 bits per heavy atom. The van der Waals surface area contributed by atoms with Gasteiger partial charge in [-0.2, -0.15) is 0 Å². The number of anilines is 1. The van der Waals surface area contributed by atoms with Crippen LogP contribution in [-0.2, 0) is 0 Å². The predicted molar refractivity (Wildman–Crippen MR) is 138 cm³/mol. The summed E-state index contributed by atoms with van der Waals surface area (Å²) in [4.78, 5) is 11.5. The van der Waals surface area contributed by atoms with Crippen LogP contribution in [0.15, 0.2) is 35.5 Å². The molecule has 2 atom stereocenters. The number of rotatable bonds is 8. The van der Waals surface area contributed by atoms with Gasteiger partial charge in [-0.3, -0.25) is 4.99 Å². The maximum Gasteiger partial charge on any atom is 0.166 e. The van der Waals surface area contributed by atoms with Crippen molar-refractivity contribution in [3.8, 4) is 5.75 Å². The number of halogens is 3. The van der Waals surface area contributed by atoms with Crippen molar-refractivity contribution in [2.75, 3.05) is 31.9 Å². The van der Waals surface area contributed by atoms with Gasteiger partial charge in [-0.1, -0.05) is 29.3 Å². The molecule has 1 aromatic heterocycles. The Morgan fingerprint density at radius 1 is 1.26 bits per heavy atom. The highest BCUT2D eigenvalue weighted by atomic mass is 35.5. The molecule has 2 aliphatic heterocycles. The van der Waals surface area contributed by atoms with Gasteiger partial charge in [0, 0.05) is 35.1 Å². The SMILES string of the molecule is CC(Oc1cc(C2=CC(CCCN3CCCC3)CCN=C2)cnc1N)c1c(Cl)ccc(F)c1Cl. The second-order valence-corrected chi connectivity index (χ2v) is 9.81. The molecular weight excluding hydrogens is 474 g/mol. The molecule has 2 N–H and O–H groups in total. The van der Waals surface area contributed by atoms with Gasteiger partial charge in [-0.05, 0) is 88.4 Å². The Kier molecular flexibility index (Phi) is 8.46. The predicted octanol–water partition coefficient (Wildman–Crippen LogP) is 6.60. The second kappa shape index (κ2) is 11.5. The average molecular weight is 505 g/mol. The number of likely N-dealkylation sites (tertiary alicyclic amines) is 1. The minimum absolute atomic E-state index is 0.0573. The van der Waals surface area contributed by atoms with Gasteiger partial charge in [0.1, 0.15) is 11.9 Å². The fourth-order valence-electron chi connectivity index (χ4n) is 4.64. The van der Waals surface area contributed by atoms with E-state index >= 15 is 0 Å². The topological polar surface area (TPSA) is 63.7 Å². The lowest BCUT2D eigenvalue weighted by atomic mass is 9.95. The van der Waals surface area contributed by atoms with Crippen LogP contribution in [0.1, 0.15) is 56.3 Å². The molecule has 1 fully saturated rings. The third-order valence-electron chi connectivity index (χ3n) is 6.53. The highest BCUT2D eigenvalue weighted by Crippen LogP contribution is 2.36. The van der Waals surface area contributed by atoms with Crippen molar-refractivity contribution >= 4 is 40.8 Å². The molecule has 1 aromatic carbocycles. The van der Waals surface area contributed by atoms with Crippen molar-refractivity contribution in [3.05, 3.63) is 57.5 Å². The largest absolute Gasteiger partial charge is 0.482 e. The van der Waals surface area contributed by atoms with E-state index in [0.717, 1.165) is 30.5 Å². The summed E-state index contributed by atoms with van der Waals surface area (Å²) in [5.74, 6) is 0.552. The monoisotopic (exact) mass is 504 g/mol. The van der Waals surface area contributed by atoms with E-state index in [4.69, 9.17) is 33.7 Å². The fourth-order valence-corrected chi connectivity index (χ4v) is 5.32. The van der Waals surface area contributed by atoms with E-state index in [1.807, 2.05) is 12.3 Å². The van der Waals surface area contributed by atoms with Crippen molar-refractivity contribution in [2.24, 2.45) is 10.9 Å². The fraction of sp³-hybridized carbons (Fsp3) is 0.462.